The third-order valence-electron chi connectivity index (χ3n) is 12.6. The van der Waals surface area contributed by atoms with Crippen LogP contribution in [-0.4, -0.2) is 176 Å². The summed E-state index contributed by atoms with van der Waals surface area (Å²) in [5.41, 5.74) is 9.85. The van der Waals surface area contributed by atoms with Crippen molar-refractivity contribution >= 4 is 34.8 Å². The van der Waals surface area contributed by atoms with Gasteiger partial charge in [0.1, 0.15) is 17.1 Å². The number of hydrogen-bond acceptors (Lipinski definition) is 15. The molecule has 3 N–H and O–H groups in total. The molecule has 3 aliphatic heterocycles. The predicted octanol–water partition coefficient (Wildman–Crippen LogP) is 3.42. The Morgan fingerprint density at radius 3 is 0.931 bits per heavy atom. The molecule has 21 nitrogen and oxygen atoms in total. The van der Waals surface area contributed by atoms with Crippen molar-refractivity contribution in [2.75, 3.05) is 114 Å². The second-order valence-corrected chi connectivity index (χ2v) is 18.1. The molecule has 21 heteroatoms. The van der Waals surface area contributed by atoms with E-state index in [4.69, 9.17) is 14.2 Å². The molecule has 3 aromatic heterocycles. The number of nitrogens with one attached hydrogen (secondary N) is 3. The van der Waals surface area contributed by atoms with Crippen LogP contribution in [-0.2, 0) is 48.2 Å². The molecule has 0 spiro atoms. The highest BCUT2D eigenvalue weighted by atomic mass is 16.5. The van der Waals surface area contributed by atoms with Crippen LogP contribution < -0.4 is 16.0 Å². The molecule has 0 aliphatic carbocycles. The summed E-state index contributed by atoms with van der Waals surface area (Å²) in [5, 5.41) is 35.9. The fourth-order valence-electron chi connectivity index (χ4n) is 8.86. The zero-order chi connectivity index (χ0) is 49.1. The Balaban J connectivity index is 0.817. The normalized spacial score (nSPS) is 15.8. The van der Waals surface area contributed by atoms with Gasteiger partial charge in [-0.1, -0.05) is 70.2 Å². The van der Waals surface area contributed by atoms with Crippen LogP contribution in [0.15, 0.2) is 110 Å². The van der Waals surface area contributed by atoms with Crippen molar-refractivity contribution in [3.63, 3.8) is 0 Å². The smallest absolute Gasteiger partial charge is 0.238 e. The zero-order valence-corrected chi connectivity index (χ0v) is 39.9. The number of carbonyl (C=O) groups excluding carboxylic acids is 3. The number of anilines is 3. The summed E-state index contributed by atoms with van der Waals surface area (Å²) in [7, 11) is 0. The largest absolute Gasteiger partial charge is 0.379 e. The molecule has 3 fully saturated rings. The van der Waals surface area contributed by atoms with Crippen molar-refractivity contribution in [2.24, 2.45) is 0 Å². The van der Waals surface area contributed by atoms with Gasteiger partial charge in [-0.15, -0.1) is 15.3 Å². The Morgan fingerprint density at radius 2 is 0.667 bits per heavy atom. The molecule has 3 saturated heterocycles. The second kappa shape index (κ2) is 23.1. The number of rotatable bonds is 18. The van der Waals surface area contributed by atoms with Gasteiger partial charge < -0.3 is 30.2 Å². The number of hydrogen-bond donors (Lipinski definition) is 3. The van der Waals surface area contributed by atoms with Crippen molar-refractivity contribution < 1.29 is 28.6 Å². The molecule has 372 valence electrons. The lowest BCUT2D eigenvalue weighted by atomic mass is 10.0. The molecule has 7 aromatic rings. The first kappa shape index (κ1) is 48.1. The molecule has 0 saturated carbocycles. The van der Waals surface area contributed by atoms with Gasteiger partial charge in [-0.3, -0.25) is 29.1 Å². The van der Waals surface area contributed by atoms with Crippen LogP contribution in [0.3, 0.4) is 0 Å². The van der Waals surface area contributed by atoms with Crippen LogP contribution >= 0.6 is 0 Å². The van der Waals surface area contributed by atoms with Gasteiger partial charge >= 0.3 is 0 Å². The Bertz CT molecular complexity index is 2590. The highest BCUT2D eigenvalue weighted by molar-refractivity contribution is 5.93. The van der Waals surface area contributed by atoms with Gasteiger partial charge in [-0.05, 0) is 53.1 Å². The monoisotopic (exact) mass is 975 g/mol. The zero-order valence-electron chi connectivity index (χ0n) is 39.9. The number of ether oxygens (including phenoxy) is 3. The van der Waals surface area contributed by atoms with E-state index in [1.807, 2.05) is 91.4 Å². The summed E-state index contributed by atoms with van der Waals surface area (Å²) >= 11 is 0. The van der Waals surface area contributed by atoms with Crippen molar-refractivity contribution in [2.45, 2.75) is 19.6 Å². The Morgan fingerprint density at radius 1 is 0.403 bits per heavy atom. The van der Waals surface area contributed by atoms with Gasteiger partial charge in [-0.2, -0.15) is 0 Å². The molecular formula is C51H57N15O6. The number of nitrogens with zero attached hydrogens (tertiary/aromatic N) is 12. The highest BCUT2D eigenvalue weighted by Crippen LogP contribution is 2.24. The second-order valence-electron chi connectivity index (χ2n) is 18.1. The number of benzene rings is 4. The van der Waals surface area contributed by atoms with Gasteiger partial charge in [-0.25, -0.2) is 14.0 Å². The highest BCUT2D eigenvalue weighted by Gasteiger charge is 2.18. The minimum Gasteiger partial charge on any atom is -0.379 e. The van der Waals surface area contributed by atoms with Crippen molar-refractivity contribution in [3.05, 3.63) is 126 Å². The van der Waals surface area contributed by atoms with E-state index in [0.29, 0.717) is 113 Å². The van der Waals surface area contributed by atoms with Crippen LogP contribution in [0.1, 0.15) is 16.7 Å². The molecular weight excluding hydrogens is 919 g/mol. The number of morpholine rings is 3. The molecule has 0 bridgehead atoms. The summed E-state index contributed by atoms with van der Waals surface area (Å²) in [6.07, 6.45) is 5.73. The van der Waals surface area contributed by atoms with Gasteiger partial charge in [0.2, 0.25) is 17.7 Å². The van der Waals surface area contributed by atoms with Gasteiger partial charge in [0.05, 0.1) is 97.5 Å². The van der Waals surface area contributed by atoms with E-state index in [1.54, 1.807) is 14.0 Å². The first-order valence-electron chi connectivity index (χ1n) is 24.2. The summed E-state index contributed by atoms with van der Waals surface area (Å²) in [6.45, 7) is 10.6. The van der Waals surface area contributed by atoms with E-state index in [-0.39, 0.29) is 17.7 Å². The van der Waals surface area contributed by atoms with Crippen LogP contribution in [0.5, 0.6) is 0 Å². The van der Waals surface area contributed by atoms with E-state index in [2.05, 4.69) is 79.8 Å². The summed E-state index contributed by atoms with van der Waals surface area (Å²) in [4.78, 5) is 44.3. The minimum absolute atomic E-state index is 0.0625. The molecule has 0 radical (unpaired) electrons. The van der Waals surface area contributed by atoms with Crippen LogP contribution in [0.4, 0.5) is 17.1 Å². The van der Waals surface area contributed by atoms with Crippen LogP contribution in [0.2, 0.25) is 0 Å². The van der Waals surface area contributed by atoms with Crippen molar-refractivity contribution in [1.29, 1.82) is 0 Å². The standard InChI is InChI=1S/C51H57N15O6/c67-49(34-61-13-19-70-20-14-61)52-43-7-1-40(2-8-43)46-31-64(58-55-46)28-37-25-38(29-65-32-47(56-59-65)41-3-9-44(10-4-41)53-50(68)35-62-15-21-71-22-16-62)27-39(26-37)30-66-33-48(57-60-66)42-5-11-45(12-6-42)54-51(69)36-63-17-23-72-24-18-63/h1-12,25-27,31-33H,13-24,28-30,34-36H2,(H,52,67)(H,53,68)(H,54,69). The lowest BCUT2D eigenvalue weighted by Gasteiger charge is -2.25. The van der Waals surface area contributed by atoms with E-state index < -0.39 is 0 Å². The van der Waals surface area contributed by atoms with E-state index in [0.717, 1.165) is 72.6 Å². The fourth-order valence-corrected chi connectivity index (χ4v) is 8.86. The summed E-state index contributed by atoms with van der Waals surface area (Å²) in [5.74, 6) is -0.188. The van der Waals surface area contributed by atoms with Gasteiger partial charge in [0.25, 0.3) is 0 Å². The molecule has 6 heterocycles. The van der Waals surface area contributed by atoms with E-state index in [1.165, 1.54) is 0 Å². The Kier molecular flexibility index (Phi) is 15.5. The molecule has 4 aromatic carbocycles. The fraction of sp³-hybridized carbons (Fsp3) is 0.353. The van der Waals surface area contributed by atoms with Crippen molar-refractivity contribution in [3.8, 4) is 33.8 Å². The summed E-state index contributed by atoms with van der Waals surface area (Å²) < 4.78 is 21.6. The third-order valence-corrected chi connectivity index (χ3v) is 12.6. The van der Waals surface area contributed by atoms with Crippen LogP contribution in [0.25, 0.3) is 33.8 Å². The number of amides is 3. The molecule has 0 unspecified atom stereocenters. The minimum atomic E-state index is -0.0625. The lowest BCUT2D eigenvalue weighted by molar-refractivity contribution is -0.119. The Hall–Kier alpha value is -7.53. The molecule has 3 aliphatic rings. The SMILES string of the molecule is O=C(CN1CCOCC1)Nc1ccc(-c2cn(Cc3cc(Cn4cc(-c5ccc(NC(=O)CN6CCOCC6)cc5)nn4)cc(Cn4cc(-c5ccc(NC(=O)CN6CCOCC6)cc5)nn4)c3)nn2)cc1. The first-order valence-corrected chi connectivity index (χ1v) is 24.2. The van der Waals surface area contributed by atoms with Crippen LogP contribution in [0, 0.1) is 0 Å². The summed E-state index contributed by atoms with van der Waals surface area (Å²) in [6, 6.07) is 29.2. The first-order chi connectivity index (χ1) is 35.3. The average Bonchev–Trinajstić information content (AvgIpc) is 4.18. The molecule has 72 heavy (non-hydrogen) atoms. The maximum atomic E-state index is 12.7. The average molecular weight is 976 g/mol. The maximum Gasteiger partial charge on any atom is 0.238 e. The van der Waals surface area contributed by atoms with Crippen molar-refractivity contribution in [1.82, 2.24) is 59.7 Å². The number of aromatic nitrogens is 9. The molecule has 0 atom stereocenters. The van der Waals surface area contributed by atoms with E-state index >= 15 is 0 Å². The molecule has 3 amide bonds. The third kappa shape index (κ3) is 13.3. The predicted molar refractivity (Wildman–Crippen MR) is 268 cm³/mol. The quantitative estimate of drug-likeness (QED) is 0.112. The van der Waals surface area contributed by atoms with E-state index in [9.17, 15) is 14.4 Å². The number of carbonyl (C=O) groups is 3. The maximum absolute atomic E-state index is 12.7. The molecule has 10 rings (SSSR count). The van der Waals surface area contributed by atoms with Gasteiger partial charge in [0, 0.05) is 73.0 Å². The lowest BCUT2D eigenvalue weighted by Crippen LogP contribution is -2.41. The topological polar surface area (TPSA) is 217 Å². The van der Waals surface area contributed by atoms with Gasteiger partial charge in [0.15, 0.2) is 0 Å². The Labute approximate surface area is 416 Å².